The van der Waals surface area contributed by atoms with Crippen molar-refractivity contribution in [3.05, 3.63) is 42.0 Å². The maximum atomic E-state index is 11.5. The number of aromatic hydroxyl groups is 1. The number of hydrogen-bond acceptors (Lipinski definition) is 3. The summed E-state index contributed by atoms with van der Waals surface area (Å²) in [7, 11) is 0. The van der Waals surface area contributed by atoms with E-state index in [9.17, 15) is 4.79 Å². The van der Waals surface area contributed by atoms with E-state index in [-0.39, 0.29) is 11.7 Å². The molecule has 0 aliphatic heterocycles. The standard InChI is InChI=1S/C13H16O3/c1-2-3-4-5-10-16-13(15)11-6-8-12(14)9-7-11/h4-9,14H,2-3,10H2,1H3. The molecule has 0 saturated heterocycles. The molecule has 0 saturated carbocycles. The molecule has 1 N–H and O–H groups in total. The van der Waals surface area contributed by atoms with Crippen LogP contribution in [0.5, 0.6) is 5.75 Å². The van der Waals surface area contributed by atoms with E-state index in [2.05, 4.69) is 6.92 Å². The minimum atomic E-state index is -0.374. The fraction of sp³-hybridized carbons (Fsp3) is 0.308. The molecule has 0 bridgehead atoms. The molecule has 0 amide bonds. The minimum absolute atomic E-state index is 0.138. The van der Waals surface area contributed by atoms with E-state index in [4.69, 9.17) is 9.84 Å². The van der Waals surface area contributed by atoms with Crippen LogP contribution in [0.1, 0.15) is 30.1 Å². The van der Waals surface area contributed by atoms with Crippen molar-refractivity contribution in [2.24, 2.45) is 0 Å². The number of allylic oxidation sites excluding steroid dienone is 1. The Kier molecular flexibility index (Phi) is 5.12. The number of unbranched alkanes of at least 4 members (excludes halogenated alkanes) is 1. The van der Waals surface area contributed by atoms with Crippen LogP contribution in [0.15, 0.2) is 36.4 Å². The molecule has 0 heterocycles. The van der Waals surface area contributed by atoms with Crippen LogP contribution in [0, 0.1) is 0 Å². The summed E-state index contributed by atoms with van der Waals surface area (Å²) in [5.74, 6) is -0.236. The highest BCUT2D eigenvalue weighted by Gasteiger charge is 2.04. The second kappa shape index (κ2) is 6.67. The second-order valence-electron chi connectivity index (χ2n) is 3.41. The first-order valence-corrected chi connectivity index (χ1v) is 5.35. The van der Waals surface area contributed by atoms with Gasteiger partial charge in [-0.3, -0.25) is 0 Å². The van der Waals surface area contributed by atoms with Crippen LogP contribution in [-0.4, -0.2) is 17.7 Å². The maximum Gasteiger partial charge on any atom is 0.338 e. The minimum Gasteiger partial charge on any atom is -0.508 e. The van der Waals surface area contributed by atoms with Gasteiger partial charge in [0.25, 0.3) is 0 Å². The van der Waals surface area contributed by atoms with Gasteiger partial charge in [-0.25, -0.2) is 4.79 Å². The first-order valence-electron chi connectivity index (χ1n) is 5.35. The number of carbonyl (C=O) groups excluding carboxylic acids is 1. The quantitative estimate of drug-likeness (QED) is 0.613. The van der Waals surface area contributed by atoms with Gasteiger partial charge in [0.2, 0.25) is 0 Å². The van der Waals surface area contributed by atoms with Gasteiger partial charge >= 0.3 is 5.97 Å². The van der Waals surface area contributed by atoms with Crippen molar-refractivity contribution in [3.8, 4) is 5.75 Å². The highest BCUT2D eigenvalue weighted by atomic mass is 16.5. The van der Waals surface area contributed by atoms with Gasteiger partial charge in [0.1, 0.15) is 12.4 Å². The molecule has 0 atom stereocenters. The van der Waals surface area contributed by atoms with E-state index in [0.717, 1.165) is 12.8 Å². The van der Waals surface area contributed by atoms with Crippen molar-refractivity contribution in [1.82, 2.24) is 0 Å². The van der Waals surface area contributed by atoms with E-state index < -0.39 is 0 Å². The highest BCUT2D eigenvalue weighted by molar-refractivity contribution is 5.89. The molecule has 16 heavy (non-hydrogen) atoms. The zero-order valence-electron chi connectivity index (χ0n) is 9.35. The molecular weight excluding hydrogens is 204 g/mol. The Morgan fingerprint density at radius 3 is 2.62 bits per heavy atom. The van der Waals surface area contributed by atoms with Crippen LogP contribution in [0.4, 0.5) is 0 Å². The van der Waals surface area contributed by atoms with Gasteiger partial charge in [-0.15, -0.1) is 0 Å². The second-order valence-corrected chi connectivity index (χ2v) is 3.41. The fourth-order valence-corrected chi connectivity index (χ4v) is 1.16. The van der Waals surface area contributed by atoms with Crippen molar-refractivity contribution in [2.45, 2.75) is 19.8 Å². The molecule has 3 heteroatoms. The Morgan fingerprint density at radius 2 is 2.00 bits per heavy atom. The van der Waals surface area contributed by atoms with Crippen LogP contribution < -0.4 is 0 Å². The monoisotopic (exact) mass is 220 g/mol. The number of phenols is 1. The van der Waals surface area contributed by atoms with Crippen molar-refractivity contribution in [1.29, 1.82) is 0 Å². The van der Waals surface area contributed by atoms with Crippen LogP contribution in [0.2, 0.25) is 0 Å². The summed E-state index contributed by atoms with van der Waals surface area (Å²) >= 11 is 0. The molecule has 0 spiro atoms. The molecule has 0 radical (unpaired) electrons. The van der Waals surface area contributed by atoms with Crippen LogP contribution >= 0.6 is 0 Å². The number of phenolic OH excluding ortho intramolecular Hbond substituents is 1. The van der Waals surface area contributed by atoms with Crippen molar-refractivity contribution in [3.63, 3.8) is 0 Å². The van der Waals surface area contributed by atoms with Crippen molar-refractivity contribution >= 4 is 5.97 Å². The first kappa shape index (κ1) is 12.3. The van der Waals surface area contributed by atoms with E-state index in [1.165, 1.54) is 24.3 Å². The van der Waals surface area contributed by atoms with Gasteiger partial charge in [0.15, 0.2) is 0 Å². The van der Waals surface area contributed by atoms with Crippen molar-refractivity contribution in [2.75, 3.05) is 6.61 Å². The Balaban J connectivity index is 2.38. The zero-order valence-corrected chi connectivity index (χ0v) is 9.35. The zero-order chi connectivity index (χ0) is 11.8. The maximum absolute atomic E-state index is 11.5. The van der Waals surface area contributed by atoms with Crippen molar-refractivity contribution < 1.29 is 14.6 Å². The first-order chi connectivity index (χ1) is 7.74. The SMILES string of the molecule is CCCC=CCOC(=O)c1ccc(O)cc1. The third kappa shape index (κ3) is 4.17. The van der Waals surface area contributed by atoms with E-state index >= 15 is 0 Å². The Bertz CT molecular complexity index is 352. The topological polar surface area (TPSA) is 46.5 Å². The van der Waals surface area contributed by atoms with Gasteiger partial charge in [-0.05, 0) is 30.7 Å². The molecule has 0 aliphatic carbocycles. The van der Waals surface area contributed by atoms with Gasteiger partial charge in [0, 0.05) is 0 Å². The summed E-state index contributed by atoms with van der Waals surface area (Å²) in [6.45, 7) is 2.38. The number of carbonyl (C=O) groups is 1. The summed E-state index contributed by atoms with van der Waals surface area (Å²) < 4.78 is 5.01. The molecule has 1 aromatic rings. The Labute approximate surface area is 95.4 Å². The Hall–Kier alpha value is -1.77. The van der Waals surface area contributed by atoms with Crippen LogP contribution in [0.3, 0.4) is 0 Å². The summed E-state index contributed by atoms with van der Waals surface area (Å²) in [6.07, 6.45) is 5.91. The summed E-state index contributed by atoms with van der Waals surface area (Å²) in [5, 5.41) is 9.05. The molecule has 0 fully saturated rings. The fourth-order valence-electron chi connectivity index (χ4n) is 1.16. The normalized spacial score (nSPS) is 10.6. The highest BCUT2D eigenvalue weighted by Crippen LogP contribution is 2.10. The average Bonchev–Trinajstić information content (AvgIpc) is 2.29. The third-order valence-corrected chi connectivity index (χ3v) is 2.04. The van der Waals surface area contributed by atoms with Gasteiger partial charge in [-0.2, -0.15) is 0 Å². The summed E-state index contributed by atoms with van der Waals surface area (Å²) in [6, 6.07) is 5.99. The molecule has 86 valence electrons. The van der Waals surface area contributed by atoms with Gasteiger partial charge in [-0.1, -0.05) is 25.5 Å². The van der Waals surface area contributed by atoms with E-state index in [0.29, 0.717) is 12.2 Å². The lowest BCUT2D eigenvalue weighted by atomic mass is 10.2. The molecule has 0 unspecified atom stereocenters. The lowest BCUT2D eigenvalue weighted by molar-refractivity contribution is 0.0549. The average molecular weight is 220 g/mol. The summed E-state index contributed by atoms with van der Waals surface area (Å²) in [5.41, 5.74) is 0.446. The van der Waals surface area contributed by atoms with E-state index in [1.807, 2.05) is 12.2 Å². The lowest BCUT2D eigenvalue weighted by Crippen LogP contribution is -2.04. The smallest absolute Gasteiger partial charge is 0.338 e. The van der Waals surface area contributed by atoms with Crippen LogP contribution in [-0.2, 0) is 4.74 Å². The number of benzene rings is 1. The summed E-state index contributed by atoms with van der Waals surface area (Å²) in [4.78, 5) is 11.5. The van der Waals surface area contributed by atoms with Gasteiger partial charge < -0.3 is 9.84 Å². The third-order valence-electron chi connectivity index (χ3n) is 2.04. The number of ether oxygens (including phenoxy) is 1. The molecule has 0 aromatic heterocycles. The molecule has 3 nitrogen and oxygen atoms in total. The number of esters is 1. The number of rotatable bonds is 5. The Morgan fingerprint density at radius 1 is 1.31 bits per heavy atom. The number of hydrogen-bond donors (Lipinski definition) is 1. The van der Waals surface area contributed by atoms with Gasteiger partial charge in [0.05, 0.1) is 5.56 Å². The predicted molar refractivity (Wildman–Crippen MR) is 62.4 cm³/mol. The van der Waals surface area contributed by atoms with Crippen LogP contribution in [0.25, 0.3) is 0 Å². The largest absolute Gasteiger partial charge is 0.508 e. The molecule has 1 rings (SSSR count). The predicted octanol–water partition coefficient (Wildman–Crippen LogP) is 2.91. The van der Waals surface area contributed by atoms with E-state index in [1.54, 1.807) is 0 Å². The lowest BCUT2D eigenvalue weighted by Gasteiger charge is -2.01. The molecule has 0 aliphatic rings. The molecule has 1 aromatic carbocycles. The molecular formula is C13H16O3.